The maximum Gasteiger partial charge on any atom is 0.407 e. The largest absolute Gasteiger partial charge is 0.444 e. The number of hydrogen-bond donors (Lipinski definition) is 2. The molecule has 0 spiro atoms. The van der Waals surface area contributed by atoms with Crippen LogP contribution in [0.4, 0.5) is 4.79 Å². The van der Waals surface area contributed by atoms with Crippen molar-refractivity contribution in [2.24, 2.45) is 11.1 Å². The van der Waals surface area contributed by atoms with Crippen LogP contribution in [0.1, 0.15) is 60.3 Å². The highest BCUT2D eigenvalue weighted by atomic mass is 16.6. The van der Waals surface area contributed by atoms with E-state index >= 15 is 0 Å². The first-order valence-electron chi connectivity index (χ1n) is 8.54. The summed E-state index contributed by atoms with van der Waals surface area (Å²) in [6.07, 6.45) is 4.24. The van der Waals surface area contributed by atoms with Gasteiger partial charge in [-0.1, -0.05) is 13.8 Å². The minimum absolute atomic E-state index is 0.337. The zero-order chi connectivity index (χ0) is 16.8. The van der Waals surface area contributed by atoms with Gasteiger partial charge < -0.3 is 15.8 Å². The van der Waals surface area contributed by atoms with Crippen molar-refractivity contribution in [3.05, 3.63) is 0 Å². The Balaban J connectivity index is 2.37. The van der Waals surface area contributed by atoms with Gasteiger partial charge >= 0.3 is 6.09 Å². The quantitative estimate of drug-likeness (QED) is 0.819. The molecule has 130 valence electrons. The van der Waals surface area contributed by atoms with Crippen LogP contribution in [0.15, 0.2) is 0 Å². The molecular formula is C17H35N3O2. The molecule has 1 unspecified atom stereocenters. The van der Waals surface area contributed by atoms with Gasteiger partial charge in [0.05, 0.1) is 0 Å². The van der Waals surface area contributed by atoms with Gasteiger partial charge in [-0.25, -0.2) is 4.79 Å². The lowest BCUT2D eigenvalue weighted by atomic mass is 9.85. The van der Waals surface area contributed by atoms with Gasteiger partial charge in [0.1, 0.15) is 5.60 Å². The number of nitrogens with two attached hydrogens (primary N) is 1. The summed E-state index contributed by atoms with van der Waals surface area (Å²) in [5, 5.41) is 2.83. The molecule has 0 radical (unpaired) electrons. The van der Waals surface area contributed by atoms with Crippen LogP contribution in [0.3, 0.4) is 0 Å². The molecule has 0 bridgehead atoms. The number of carbonyl (C=O) groups is 1. The highest BCUT2D eigenvalue weighted by Crippen LogP contribution is 2.30. The van der Waals surface area contributed by atoms with Gasteiger partial charge in [0.2, 0.25) is 0 Å². The fourth-order valence-corrected chi connectivity index (χ4v) is 2.91. The van der Waals surface area contributed by atoms with Crippen molar-refractivity contribution in [2.75, 3.05) is 26.2 Å². The molecule has 5 heteroatoms. The highest BCUT2D eigenvalue weighted by Gasteiger charge is 2.26. The molecule has 1 amide bonds. The summed E-state index contributed by atoms with van der Waals surface area (Å²) in [4.78, 5) is 14.2. The predicted octanol–water partition coefficient (Wildman–Crippen LogP) is 2.74. The molecule has 0 aliphatic carbocycles. The Labute approximate surface area is 135 Å². The average Bonchev–Trinajstić information content (AvgIpc) is 2.54. The van der Waals surface area contributed by atoms with Crippen molar-refractivity contribution in [3.8, 4) is 0 Å². The standard InChI is InChI=1S/C17H35N3O2/c1-16(2,3)22-15(21)19-10-7-14(13-18)20-11-6-8-17(4,5)9-12-20/h14H,6-13,18H2,1-5H3,(H,19,21). The van der Waals surface area contributed by atoms with E-state index in [0.29, 0.717) is 24.5 Å². The number of likely N-dealkylation sites (tertiary alicyclic amines) is 1. The summed E-state index contributed by atoms with van der Waals surface area (Å²) in [5.74, 6) is 0. The molecule has 5 nitrogen and oxygen atoms in total. The second-order valence-electron chi connectivity index (χ2n) is 8.16. The van der Waals surface area contributed by atoms with Crippen molar-refractivity contribution in [2.45, 2.75) is 71.9 Å². The van der Waals surface area contributed by atoms with E-state index in [2.05, 4.69) is 24.1 Å². The van der Waals surface area contributed by atoms with Gasteiger partial charge in [0.15, 0.2) is 0 Å². The normalized spacial score (nSPS) is 21.0. The smallest absolute Gasteiger partial charge is 0.407 e. The molecule has 1 atom stereocenters. The lowest BCUT2D eigenvalue weighted by molar-refractivity contribution is 0.0522. The van der Waals surface area contributed by atoms with Crippen LogP contribution in [0, 0.1) is 5.41 Å². The lowest BCUT2D eigenvalue weighted by Gasteiger charge is -2.30. The Bertz CT molecular complexity index is 350. The Morgan fingerprint density at radius 3 is 2.59 bits per heavy atom. The van der Waals surface area contributed by atoms with Crippen LogP contribution < -0.4 is 11.1 Å². The second-order valence-corrected chi connectivity index (χ2v) is 8.16. The Morgan fingerprint density at radius 1 is 1.32 bits per heavy atom. The predicted molar refractivity (Wildman–Crippen MR) is 90.9 cm³/mol. The van der Waals surface area contributed by atoms with Gasteiger partial charge in [-0.05, 0) is 65.0 Å². The van der Waals surface area contributed by atoms with Crippen LogP contribution >= 0.6 is 0 Å². The summed E-state index contributed by atoms with van der Waals surface area (Å²) in [6, 6.07) is 0.337. The van der Waals surface area contributed by atoms with E-state index in [-0.39, 0.29) is 6.09 Å². The molecular weight excluding hydrogens is 278 g/mol. The SMILES string of the molecule is CC1(C)CCCN(C(CN)CCNC(=O)OC(C)(C)C)CC1. The first-order chi connectivity index (χ1) is 10.1. The van der Waals surface area contributed by atoms with Crippen LogP contribution in [0.25, 0.3) is 0 Å². The maximum atomic E-state index is 11.7. The van der Waals surface area contributed by atoms with E-state index in [0.717, 1.165) is 19.5 Å². The number of carbonyl (C=O) groups excluding carboxylic acids is 1. The van der Waals surface area contributed by atoms with E-state index in [1.165, 1.54) is 19.3 Å². The van der Waals surface area contributed by atoms with E-state index in [1.807, 2.05) is 20.8 Å². The number of amides is 1. The molecule has 1 heterocycles. The van der Waals surface area contributed by atoms with E-state index in [4.69, 9.17) is 10.5 Å². The maximum absolute atomic E-state index is 11.7. The third kappa shape index (κ3) is 7.45. The van der Waals surface area contributed by atoms with Crippen molar-refractivity contribution >= 4 is 6.09 Å². The first-order valence-corrected chi connectivity index (χ1v) is 8.54. The van der Waals surface area contributed by atoms with Crippen LogP contribution in [0.5, 0.6) is 0 Å². The number of nitrogens with one attached hydrogen (secondary N) is 1. The molecule has 0 saturated carbocycles. The molecule has 1 aliphatic rings. The highest BCUT2D eigenvalue weighted by molar-refractivity contribution is 5.67. The average molecular weight is 313 g/mol. The van der Waals surface area contributed by atoms with Crippen molar-refractivity contribution in [3.63, 3.8) is 0 Å². The van der Waals surface area contributed by atoms with Crippen LogP contribution in [-0.4, -0.2) is 48.8 Å². The second kappa shape index (κ2) is 8.16. The zero-order valence-corrected chi connectivity index (χ0v) is 15.1. The summed E-state index contributed by atoms with van der Waals surface area (Å²) >= 11 is 0. The molecule has 0 aromatic rings. The van der Waals surface area contributed by atoms with E-state index in [1.54, 1.807) is 0 Å². The van der Waals surface area contributed by atoms with Crippen molar-refractivity contribution in [1.29, 1.82) is 0 Å². The lowest BCUT2D eigenvalue weighted by Crippen LogP contribution is -2.44. The third-order valence-electron chi connectivity index (χ3n) is 4.31. The minimum atomic E-state index is -0.451. The monoisotopic (exact) mass is 313 g/mol. The fraction of sp³-hybridized carbons (Fsp3) is 0.941. The third-order valence-corrected chi connectivity index (χ3v) is 4.31. The zero-order valence-electron chi connectivity index (χ0n) is 15.1. The van der Waals surface area contributed by atoms with E-state index < -0.39 is 5.60 Å². The molecule has 0 aromatic heterocycles. The number of alkyl carbamates (subject to hydrolysis) is 1. The van der Waals surface area contributed by atoms with Gasteiger partial charge in [-0.15, -0.1) is 0 Å². The summed E-state index contributed by atoms with van der Waals surface area (Å²) in [6.45, 7) is 13.7. The molecule has 0 aromatic carbocycles. The molecule has 22 heavy (non-hydrogen) atoms. The van der Waals surface area contributed by atoms with E-state index in [9.17, 15) is 4.79 Å². The van der Waals surface area contributed by atoms with Crippen LogP contribution in [0.2, 0.25) is 0 Å². The Hall–Kier alpha value is -0.810. The Morgan fingerprint density at radius 2 is 2.00 bits per heavy atom. The molecule has 1 saturated heterocycles. The molecule has 3 N–H and O–H groups in total. The van der Waals surface area contributed by atoms with Gasteiger partial charge in [0.25, 0.3) is 0 Å². The number of ether oxygens (including phenoxy) is 1. The van der Waals surface area contributed by atoms with Crippen LogP contribution in [-0.2, 0) is 4.74 Å². The Kier molecular flexibility index (Phi) is 7.13. The van der Waals surface area contributed by atoms with Crippen molar-refractivity contribution in [1.82, 2.24) is 10.2 Å². The number of nitrogens with zero attached hydrogens (tertiary/aromatic N) is 1. The summed E-state index contributed by atoms with van der Waals surface area (Å²) in [7, 11) is 0. The van der Waals surface area contributed by atoms with Gasteiger partial charge in [-0.2, -0.15) is 0 Å². The van der Waals surface area contributed by atoms with Crippen molar-refractivity contribution < 1.29 is 9.53 Å². The first kappa shape index (κ1) is 19.2. The molecule has 1 fully saturated rings. The van der Waals surface area contributed by atoms with Gasteiger partial charge in [0, 0.05) is 19.1 Å². The summed E-state index contributed by atoms with van der Waals surface area (Å²) < 4.78 is 5.25. The fourth-order valence-electron chi connectivity index (χ4n) is 2.91. The number of hydrogen-bond acceptors (Lipinski definition) is 4. The summed E-state index contributed by atoms with van der Waals surface area (Å²) in [5.41, 5.74) is 5.94. The molecule has 1 rings (SSSR count). The topological polar surface area (TPSA) is 67.6 Å². The number of rotatable bonds is 5. The minimum Gasteiger partial charge on any atom is -0.444 e. The van der Waals surface area contributed by atoms with Gasteiger partial charge in [-0.3, -0.25) is 4.90 Å². The molecule has 1 aliphatic heterocycles.